The molecule has 7 heteroatoms. The Morgan fingerprint density at radius 1 is 1.28 bits per heavy atom. The molecule has 2 N–H and O–H groups in total. The molecule has 1 aliphatic rings. The van der Waals surface area contributed by atoms with Gasteiger partial charge in [0.25, 0.3) is 0 Å². The topological polar surface area (TPSA) is 41.1 Å². The highest BCUT2D eigenvalue weighted by atomic mass is 35.5. The van der Waals surface area contributed by atoms with E-state index in [1.165, 1.54) is 12.1 Å². The minimum atomic E-state index is -0.344. The number of carbonyl (C=O) groups excluding carboxylic acids is 1. The lowest BCUT2D eigenvalue weighted by Gasteiger charge is -2.22. The van der Waals surface area contributed by atoms with E-state index in [0.29, 0.717) is 22.7 Å². The Kier molecular flexibility index (Phi) is 7.56. The van der Waals surface area contributed by atoms with E-state index in [9.17, 15) is 9.18 Å². The Hall–Kier alpha value is -1.27. The average molecular weight is 401 g/mol. The fourth-order valence-corrected chi connectivity index (χ4v) is 3.74. The van der Waals surface area contributed by atoms with Crippen molar-refractivity contribution in [3.05, 3.63) is 53.3 Å². The summed E-state index contributed by atoms with van der Waals surface area (Å²) in [5.74, 6) is 1.60. The maximum Gasteiger partial charge on any atom is 0.225 e. The molecule has 0 aromatic heterocycles. The van der Waals surface area contributed by atoms with Crippen molar-refractivity contribution in [2.75, 3.05) is 23.4 Å². The molecule has 1 fully saturated rings. The van der Waals surface area contributed by atoms with Crippen molar-refractivity contribution >= 4 is 47.4 Å². The largest absolute Gasteiger partial charge is 0.325 e. The molecular weight excluding hydrogens is 382 g/mol. The van der Waals surface area contributed by atoms with E-state index in [1.54, 1.807) is 18.2 Å². The van der Waals surface area contributed by atoms with Crippen LogP contribution in [0.2, 0.25) is 5.02 Å². The number of carbonyl (C=O) groups is 1. The second kappa shape index (κ2) is 9.43. The molecule has 3 nitrogen and oxygen atoms in total. The zero-order chi connectivity index (χ0) is 16.9. The van der Waals surface area contributed by atoms with Gasteiger partial charge in [-0.25, -0.2) is 4.39 Å². The quantitative estimate of drug-likeness (QED) is 0.787. The summed E-state index contributed by atoms with van der Waals surface area (Å²) >= 11 is 7.76. The van der Waals surface area contributed by atoms with Gasteiger partial charge in [-0.3, -0.25) is 4.79 Å². The van der Waals surface area contributed by atoms with Crippen LogP contribution in [0, 0.1) is 5.82 Å². The lowest BCUT2D eigenvalue weighted by atomic mass is 10.0. The highest BCUT2D eigenvalue weighted by Gasteiger charge is 2.18. The molecule has 0 radical (unpaired) electrons. The third-order valence-corrected chi connectivity index (χ3v) is 5.22. The van der Waals surface area contributed by atoms with E-state index >= 15 is 0 Å². The Morgan fingerprint density at radius 2 is 2.04 bits per heavy atom. The first-order valence-electron chi connectivity index (χ1n) is 7.78. The third-order valence-electron chi connectivity index (χ3n) is 3.84. The molecule has 0 aliphatic carbocycles. The molecule has 2 aromatic carbocycles. The number of hydrogen-bond acceptors (Lipinski definition) is 3. The number of rotatable bonds is 4. The fraction of sp³-hybridized carbons (Fsp3) is 0.278. The molecule has 1 atom stereocenters. The fourth-order valence-electron chi connectivity index (χ4n) is 2.67. The summed E-state index contributed by atoms with van der Waals surface area (Å²) in [6.07, 6.45) is 0.407. The van der Waals surface area contributed by atoms with Crippen LogP contribution in [-0.2, 0) is 4.79 Å². The number of amides is 1. The normalized spacial score (nSPS) is 16.8. The van der Waals surface area contributed by atoms with E-state index in [0.717, 1.165) is 23.6 Å². The Balaban J connectivity index is 0.00000225. The lowest BCUT2D eigenvalue weighted by Crippen LogP contribution is -2.39. The van der Waals surface area contributed by atoms with Gasteiger partial charge in [0.05, 0.1) is 0 Å². The van der Waals surface area contributed by atoms with Gasteiger partial charge in [-0.05, 0) is 35.9 Å². The van der Waals surface area contributed by atoms with E-state index in [-0.39, 0.29) is 30.2 Å². The van der Waals surface area contributed by atoms with Crippen LogP contribution in [0.5, 0.6) is 0 Å². The molecule has 1 heterocycles. The van der Waals surface area contributed by atoms with E-state index in [4.69, 9.17) is 11.6 Å². The van der Waals surface area contributed by atoms with Crippen molar-refractivity contribution in [3.8, 4) is 11.1 Å². The number of thioether (sulfide) groups is 1. The van der Waals surface area contributed by atoms with E-state index in [1.807, 2.05) is 23.9 Å². The first-order valence-corrected chi connectivity index (χ1v) is 9.31. The molecule has 2 aromatic rings. The van der Waals surface area contributed by atoms with Crippen molar-refractivity contribution in [1.29, 1.82) is 0 Å². The van der Waals surface area contributed by atoms with Crippen LogP contribution in [0.25, 0.3) is 11.1 Å². The van der Waals surface area contributed by atoms with Crippen LogP contribution in [-0.4, -0.2) is 30.0 Å². The smallest absolute Gasteiger partial charge is 0.225 e. The molecule has 1 amide bonds. The van der Waals surface area contributed by atoms with Crippen LogP contribution in [0.4, 0.5) is 10.1 Å². The number of anilines is 1. The van der Waals surface area contributed by atoms with E-state index < -0.39 is 0 Å². The molecule has 0 bridgehead atoms. The summed E-state index contributed by atoms with van der Waals surface area (Å²) in [5.41, 5.74) is 2.05. The van der Waals surface area contributed by atoms with Crippen LogP contribution < -0.4 is 10.6 Å². The molecule has 1 aliphatic heterocycles. The zero-order valence-corrected chi connectivity index (χ0v) is 15.8. The van der Waals surface area contributed by atoms with Crippen molar-refractivity contribution in [3.63, 3.8) is 0 Å². The predicted octanol–water partition coefficient (Wildman–Crippen LogP) is 4.60. The highest BCUT2D eigenvalue weighted by Crippen LogP contribution is 2.30. The molecule has 25 heavy (non-hydrogen) atoms. The van der Waals surface area contributed by atoms with Crippen LogP contribution in [0.3, 0.4) is 0 Å². The van der Waals surface area contributed by atoms with Gasteiger partial charge in [0.1, 0.15) is 5.82 Å². The highest BCUT2D eigenvalue weighted by molar-refractivity contribution is 7.99. The van der Waals surface area contributed by atoms with E-state index in [2.05, 4.69) is 10.6 Å². The Labute approximate surface area is 162 Å². The van der Waals surface area contributed by atoms with Crippen molar-refractivity contribution in [2.45, 2.75) is 12.5 Å². The number of hydrogen-bond donors (Lipinski definition) is 2. The first kappa shape index (κ1) is 20.0. The summed E-state index contributed by atoms with van der Waals surface area (Å²) in [4.78, 5) is 12.3. The molecule has 1 unspecified atom stereocenters. The molecule has 0 saturated carbocycles. The average Bonchev–Trinajstić information content (AvgIpc) is 2.58. The maximum absolute atomic E-state index is 13.7. The van der Waals surface area contributed by atoms with Gasteiger partial charge in [0, 0.05) is 46.8 Å². The van der Waals surface area contributed by atoms with Crippen LogP contribution in [0.1, 0.15) is 6.42 Å². The van der Waals surface area contributed by atoms with Gasteiger partial charge < -0.3 is 10.6 Å². The second-order valence-corrected chi connectivity index (χ2v) is 7.26. The van der Waals surface area contributed by atoms with Gasteiger partial charge in [0.2, 0.25) is 5.91 Å². The molecule has 3 rings (SSSR count). The van der Waals surface area contributed by atoms with Gasteiger partial charge in [-0.15, -0.1) is 12.4 Å². The van der Waals surface area contributed by atoms with Crippen LogP contribution >= 0.6 is 35.8 Å². The first-order chi connectivity index (χ1) is 11.6. The minimum Gasteiger partial charge on any atom is -0.325 e. The molecule has 0 spiro atoms. The summed E-state index contributed by atoms with van der Waals surface area (Å²) in [6.45, 7) is 0.926. The summed E-state index contributed by atoms with van der Waals surface area (Å²) in [7, 11) is 0. The van der Waals surface area contributed by atoms with Crippen molar-refractivity contribution < 1.29 is 9.18 Å². The van der Waals surface area contributed by atoms with Crippen molar-refractivity contribution in [2.24, 2.45) is 0 Å². The summed E-state index contributed by atoms with van der Waals surface area (Å²) < 4.78 is 13.7. The molecular formula is C18H19Cl2FN2OS. The summed E-state index contributed by atoms with van der Waals surface area (Å²) in [6, 6.07) is 11.7. The van der Waals surface area contributed by atoms with Gasteiger partial charge in [-0.2, -0.15) is 11.8 Å². The number of nitrogens with one attached hydrogen (secondary N) is 2. The third kappa shape index (κ3) is 5.61. The van der Waals surface area contributed by atoms with Gasteiger partial charge in [-0.1, -0.05) is 23.7 Å². The van der Waals surface area contributed by atoms with Crippen LogP contribution in [0.15, 0.2) is 42.5 Å². The monoisotopic (exact) mass is 400 g/mol. The predicted molar refractivity (Wildman–Crippen MR) is 106 cm³/mol. The minimum absolute atomic E-state index is 0. The van der Waals surface area contributed by atoms with Gasteiger partial charge in [0.15, 0.2) is 0 Å². The van der Waals surface area contributed by atoms with Crippen molar-refractivity contribution in [1.82, 2.24) is 5.32 Å². The standard InChI is InChI=1S/C18H18ClFN2OS.ClH/c19-13-3-1-12(2-4-13)16-9-14(20)5-6-17(16)22-18(23)10-15-11-24-8-7-21-15;/h1-6,9,15,21H,7-8,10-11H2,(H,22,23);1H. The second-order valence-electron chi connectivity index (χ2n) is 5.68. The number of halogens is 3. The zero-order valence-electron chi connectivity index (χ0n) is 13.4. The molecule has 1 saturated heterocycles. The van der Waals surface area contributed by atoms with Gasteiger partial charge >= 0.3 is 0 Å². The maximum atomic E-state index is 13.7. The lowest BCUT2D eigenvalue weighted by molar-refractivity contribution is -0.116. The Bertz CT molecular complexity index is 722. The SMILES string of the molecule is Cl.O=C(CC1CSCCN1)Nc1ccc(F)cc1-c1ccc(Cl)cc1. The Morgan fingerprint density at radius 3 is 2.72 bits per heavy atom. The summed E-state index contributed by atoms with van der Waals surface area (Å²) in [5, 5.41) is 6.86. The number of benzene rings is 2. The molecule has 134 valence electrons.